The number of nitriles is 1. The van der Waals surface area contributed by atoms with Gasteiger partial charge >= 0.3 is 0 Å². The Labute approximate surface area is 124 Å². The van der Waals surface area contributed by atoms with Crippen molar-refractivity contribution >= 4 is 11.6 Å². The van der Waals surface area contributed by atoms with Gasteiger partial charge < -0.3 is 15.1 Å². The number of nitrogens with one attached hydrogen (secondary N) is 1. The number of H-pyrrole nitrogens is 1. The van der Waals surface area contributed by atoms with Crippen molar-refractivity contribution in [3.05, 3.63) is 57.8 Å². The van der Waals surface area contributed by atoms with Gasteiger partial charge in [-0.2, -0.15) is 5.26 Å². The van der Waals surface area contributed by atoms with Gasteiger partial charge in [-0.05, 0) is 25.1 Å². The standard InChI is InChI=1S/C15H11N5O2/c1-8-11(5-9(6-16)15(22)18-8)12-7-20-4-2-3-10(13(17)21)14(20)19-12/h2-5,7H,1H3,(H2,17,21)(H,18,22). The van der Waals surface area contributed by atoms with E-state index in [0.29, 0.717) is 28.2 Å². The lowest BCUT2D eigenvalue weighted by atomic mass is 10.1. The summed E-state index contributed by atoms with van der Waals surface area (Å²) in [6, 6.07) is 6.62. The molecule has 0 saturated carbocycles. The smallest absolute Gasteiger partial charge is 0.266 e. The number of fused-ring (bicyclic) bond motifs is 1. The zero-order chi connectivity index (χ0) is 15.9. The SMILES string of the molecule is Cc1[nH]c(=O)c(C#N)cc1-c1cn2cccc(C(N)=O)c2n1. The Balaban J connectivity index is 2.28. The van der Waals surface area contributed by atoms with E-state index < -0.39 is 11.5 Å². The fourth-order valence-corrected chi connectivity index (χ4v) is 2.31. The van der Waals surface area contributed by atoms with Gasteiger partial charge in [-0.1, -0.05) is 0 Å². The van der Waals surface area contributed by atoms with Crippen molar-refractivity contribution in [2.75, 3.05) is 0 Å². The van der Waals surface area contributed by atoms with E-state index in [1.807, 2.05) is 6.07 Å². The monoisotopic (exact) mass is 293 g/mol. The zero-order valence-corrected chi connectivity index (χ0v) is 11.6. The third-order valence-electron chi connectivity index (χ3n) is 3.38. The van der Waals surface area contributed by atoms with Crippen LogP contribution in [0.1, 0.15) is 21.6 Å². The predicted octanol–water partition coefficient (Wildman–Crippen LogP) is 0.969. The van der Waals surface area contributed by atoms with Crippen LogP contribution in [-0.4, -0.2) is 20.3 Å². The van der Waals surface area contributed by atoms with Crippen molar-refractivity contribution < 1.29 is 4.79 Å². The van der Waals surface area contributed by atoms with Crippen molar-refractivity contribution in [1.82, 2.24) is 14.4 Å². The van der Waals surface area contributed by atoms with Gasteiger partial charge in [-0.3, -0.25) is 9.59 Å². The topological polar surface area (TPSA) is 117 Å². The van der Waals surface area contributed by atoms with Gasteiger partial charge in [-0.25, -0.2) is 4.98 Å². The molecular formula is C15H11N5O2. The molecule has 0 aromatic carbocycles. The molecule has 1 amide bonds. The minimum Gasteiger partial charge on any atom is -0.365 e. The number of primary amides is 1. The summed E-state index contributed by atoms with van der Waals surface area (Å²) in [7, 11) is 0. The van der Waals surface area contributed by atoms with E-state index in [1.165, 1.54) is 6.07 Å². The normalized spacial score (nSPS) is 10.5. The Morgan fingerprint density at radius 3 is 2.95 bits per heavy atom. The van der Waals surface area contributed by atoms with Gasteiger partial charge in [0.15, 0.2) is 0 Å². The number of aromatic nitrogens is 3. The highest BCUT2D eigenvalue weighted by molar-refractivity contribution is 5.99. The summed E-state index contributed by atoms with van der Waals surface area (Å²) >= 11 is 0. The number of carbonyl (C=O) groups is 1. The average Bonchev–Trinajstić information content (AvgIpc) is 2.90. The largest absolute Gasteiger partial charge is 0.365 e. The third kappa shape index (κ3) is 2.03. The number of pyridine rings is 2. The molecule has 7 heteroatoms. The summed E-state index contributed by atoms with van der Waals surface area (Å²) in [6.45, 7) is 1.72. The van der Waals surface area contributed by atoms with Gasteiger partial charge in [0.1, 0.15) is 17.3 Å². The van der Waals surface area contributed by atoms with Crippen molar-refractivity contribution in [2.24, 2.45) is 5.73 Å². The number of nitrogens with zero attached hydrogens (tertiary/aromatic N) is 3. The van der Waals surface area contributed by atoms with Crippen LogP contribution in [-0.2, 0) is 0 Å². The highest BCUT2D eigenvalue weighted by atomic mass is 16.1. The lowest BCUT2D eigenvalue weighted by Crippen LogP contribution is -2.12. The molecule has 0 fully saturated rings. The van der Waals surface area contributed by atoms with Crippen LogP contribution in [0.4, 0.5) is 0 Å². The first kappa shape index (κ1) is 13.6. The second-order valence-electron chi connectivity index (χ2n) is 4.81. The molecule has 0 saturated heterocycles. The number of hydrogen-bond donors (Lipinski definition) is 2. The van der Waals surface area contributed by atoms with Gasteiger partial charge in [0.25, 0.3) is 11.5 Å². The maximum atomic E-state index is 11.6. The van der Waals surface area contributed by atoms with E-state index in [-0.39, 0.29) is 5.56 Å². The van der Waals surface area contributed by atoms with Crippen molar-refractivity contribution in [1.29, 1.82) is 5.26 Å². The fourth-order valence-electron chi connectivity index (χ4n) is 2.31. The molecule has 22 heavy (non-hydrogen) atoms. The van der Waals surface area contributed by atoms with Crippen molar-refractivity contribution in [2.45, 2.75) is 6.92 Å². The number of aromatic amines is 1. The van der Waals surface area contributed by atoms with E-state index in [9.17, 15) is 9.59 Å². The zero-order valence-electron chi connectivity index (χ0n) is 11.6. The molecule has 0 aliphatic rings. The van der Waals surface area contributed by atoms with Gasteiger partial charge in [0, 0.05) is 23.7 Å². The molecule has 0 radical (unpaired) electrons. The fraction of sp³-hybridized carbons (Fsp3) is 0.0667. The number of amides is 1. The molecule has 3 heterocycles. The van der Waals surface area contributed by atoms with E-state index in [4.69, 9.17) is 11.0 Å². The second kappa shape index (κ2) is 4.86. The Hall–Kier alpha value is -3.40. The van der Waals surface area contributed by atoms with Crippen LogP contribution in [0.25, 0.3) is 16.9 Å². The third-order valence-corrected chi connectivity index (χ3v) is 3.38. The summed E-state index contributed by atoms with van der Waals surface area (Å²) in [4.78, 5) is 30.1. The summed E-state index contributed by atoms with van der Waals surface area (Å²) in [5.74, 6) is -0.571. The van der Waals surface area contributed by atoms with E-state index in [0.717, 1.165) is 0 Å². The predicted molar refractivity (Wildman–Crippen MR) is 79.2 cm³/mol. The summed E-state index contributed by atoms with van der Waals surface area (Å²) < 4.78 is 1.67. The minimum atomic E-state index is -0.571. The van der Waals surface area contributed by atoms with E-state index in [1.54, 1.807) is 35.9 Å². The van der Waals surface area contributed by atoms with Crippen LogP contribution in [0.15, 0.2) is 35.4 Å². The summed E-state index contributed by atoms with van der Waals surface area (Å²) in [6.07, 6.45) is 3.45. The van der Waals surface area contributed by atoms with Gasteiger partial charge in [-0.15, -0.1) is 0 Å². The van der Waals surface area contributed by atoms with Crippen LogP contribution in [0.3, 0.4) is 0 Å². The first-order valence-electron chi connectivity index (χ1n) is 6.43. The molecule has 0 atom stereocenters. The van der Waals surface area contributed by atoms with Crippen LogP contribution in [0, 0.1) is 18.3 Å². The Kier molecular flexibility index (Phi) is 3.00. The number of carbonyl (C=O) groups excluding carboxylic acids is 1. The molecule has 7 nitrogen and oxygen atoms in total. The average molecular weight is 293 g/mol. The Morgan fingerprint density at radius 2 is 2.27 bits per heavy atom. The summed E-state index contributed by atoms with van der Waals surface area (Å²) in [5.41, 5.74) is 7.39. The van der Waals surface area contributed by atoms with E-state index >= 15 is 0 Å². The maximum Gasteiger partial charge on any atom is 0.266 e. The van der Waals surface area contributed by atoms with Gasteiger partial charge in [0.2, 0.25) is 0 Å². The van der Waals surface area contributed by atoms with Gasteiger partial charge in [0.05, 0.1) is 11.3 Å². The molecule has 3 aromatic heterocycles. The lowest BCUT2D eigenvalue weighted by molar-refractivity contribution is 0.100. The summed E-state index contributed by atoms with van der Waals surface area (Å²) in [5, 5.41) is 8.98. The Morgan fingerprint density at radius 1 is 1.50 bits per heavy atom. The molecule has 0 bridgehead atoms. The Bertz CT molecular complexity index is 1010. The number of aryl methyl sites for hydroxylation is 1. The molecule has 3 rings (SSSR count). The number of nitrogens with two attached hydrogens (primary N) is 1. The first-order chi connectivity index (χ1) is 10.5. The highest BCUT2D eigenvalue weighted by Gasteiger charge is 2.14. The minimum absolute atomic E-state index is 0.00720. The molecule has 108 valence electrons. The molecule has 0 aliphatic carbocycles. The quantitative estimate of drug-likeness (QED) is 0.732. The molecule has 0 unspecified atom stereocenters. The lowest BCUT2D eigenvalue weighted by Gasteiger charge is -2.02. The number of hydrogen-bond acceptors (Lipinski definition) is 4. The first-order valence-corrected chi connectivity index (χ1v) is 6.43. The molecule has 0 aliphatic heterocycles. The molecular weight excluding hydrogens is 282 g/mol. The molecule has 0 spiro atoms. The second-order valence-corrected chi connectivity index (χ2v) is 4.81. The van der Waals surface area contributed by atoms with Crippen LogP contribution in [0.2, 0.25) is 0 Å². The molecule has 3 aromatic rings. The number of imidazole rings is 1. The van der Waals surface area contributed by atoms with E-state index in [2.05, 4.69) is 9.97 Å². The van der Waals surface area contributed by atoms with Crippen LogP contribution >= 0.6 is 0 Å². The maximum absolute atomic E-state index is 11.6. The number of rotatable bonds is 2. The molecule has 3 N–H and O–H groups in total. The van der Waals surface area contributed by atoms with Crippen molar-refractivity contribution in [3.8, 4) is 17.3 Å². The van der Waals surface area contributed by atoms with Crippen LogP contribution in [0.5, 0.6) is 0 Å². The highest BCUT2D eigenvalue weighted by Crippen LogP contribution is 2.22. The van der Waals surface area contributed by atoms with Crippen LogP contribution < -0.4 is 11.3 Å². The van der Waals surface area contributed by atoms with Crippen molar-refractivity contribution in [3.63, 3.8) is 0 Å².